The number of nitrogens with zero attached hydrogens (tertiary/aromatic N) is 2. The highest BCUT2D eigenvalue weighted by Gasteiger charge is 2.17. The van der Waals surface area contributed by atoms with Gasteiger partial charge in [-0.3, -0.25) is 0 Å². The second-order valence-corrected chi connectivity index (χ2v) is 5.56. The Bertz CT molecular complexity index is 559. The standard InChI is InChI=1S/C13H15Cl2N3/c14-9-4-6-18-11(7-9)13(15)17-12(18)8-10-3-1-2-5-16-10/h4,6-7,10,16H,1-3,5,8H2. The third kappa shape index (κ3) is 2.35. The SMILES string of the molecule is Clc1ccn2c(CC3CCCCN3)nc(Cl)c2c1. The van der Waals surface area contributed by atoms with Crippen LogP contribution in [0.2, 0.25) is 10.2 Å². The fourth-order valence-corrected chi connectivity index (χ4v) is 2.95. The fraction of sp³-hybridized carbons (Fsp3) is 0.462. The average molecular weight is 284 g/mol. The number of nitrogens with one attached hydrogen (secondary N) is 1. The maximum atomic E-state index is 6.16. The summed E-state index contributed by atoms with van der Waals surface area (Å²) < 4.78 is 2.03. The summed E-state index contributed by atoms with van der Waals surface area (Å²) in [6, 6.07) is 4.23. The normalized spacial score (nSPS) is 20.4. The van der Waals surface area contributed by atoms with Gasteiger partial charge in [-0.25, -0.2) is 4.98 Å². The first-order valence-electron chi connectivity index (χ1n) is 6.29. The highest BCUT2D eigenvalue weighted by molar-refractivity contribution is 6.34. The largest absolute Gasteiger partial charge is 0.314 e. The van der Waals surface area contributed by atoms with Crippen molar-refractivity contribution in [2.45, 2.75) is 31.7 Å². The summed E-state index contributed by atoms with van der Waals surface area (Å²) in [6.07, 6.45) is 6.63. The van der Waals surface area contributed by atoms with Crippen LogP contribution in [0.15, 0.2) is 18.3 Å². The molecule has 96 valence electrons. The molecule has 1 fully saturated rings. The van der Waals surface area contributed by atoms with E-state index in [1.54, 1.807) is 0 Å². The zero-order valence-electron chi connectivity index (χ0n) is 10.00. The molecule has 1 aliphatic heterocycles. The van der Waals surface area contributed by atoms with Crippen LogP contribution in [-0.2, 0) is 6.42 Å². The molecule has 3 rings (SSSR count). The van der Waals surface area contributed by atoms with Gasteiger partial charge >= 0.3 is 0 Å². The predicted octanol–water partition coefficient (Wildman–Crippen LogP) is 3.33. The summed E-state index contributed by atoms with van der Waals surface area (Å²) in [5.41, 5.74) is 0.884. The molecule has 0 aromatic carbocycles. The molecule has 1 unspecified atom stereocenters. The summed E-state index contributed by atoms with van der Waals surface area (Å²) in [5.74, 6) is 1.01. The van der Waals surface area contributed by atoms with E-state index >= 15 is 0 Å². The Morgan fingerprint density at radius 2 is 2.28 bits per heavy atom. The van der Waals surface area contributed by atoms with Gasteiger partial charge in [-0.05, 0) is 31.5 Å². The molecule has 0 spiro atoms. The lowest BCUT2D eigenvalue weighted by molar-refractivity contribution is 0.394. The smallest absolute Gasteiger partial charge is 0.155 e. The average Bonchev–Trinajstić information content (AvgIpc) is 2.67. The minimum Gasteiger partial charge on any atom is -0.314 e. The van der Waals surface area contributed by atoms with E-state index in [1.165, 1.54) is 19.3 Å². The first kappa shape index (κ1) is 12.3. The second kappa shape index (κ2) is 5.08. The number of pyridine rings is 1. The molecular formula is C13H15Cl2N3. The Morgan fingerprint density at radius 3 is 3.06 bits per heavy atom. The van der Waals surface area contributed by atoms with Gasteiger partial charge in [0, 0.05) is 23.7 Å². The molecule has 2 aromatic heterocycles. The maximum Gasteiger partial charge on any atom is 0.155 e. The number of fused-ring (bicyclic) bond motifs is 1. The zero-order chi connectivity index (χ0) is 12.5. The van der Waals surface area contributed by atoms with Crippen molar-refractivity contribution in [3.05, 3.63) is 34.3 Å². The van der Waals surface area contributed by atoms with Gasteiger partial charge in [0.2, 0.25) is 0 Å². The van der Waals surface area contributed by atoms with Crippen LogP contribution >= 0.6 is 23.2 Å². The van der Waals surface area contributed by atoms with E-state index in [1.807, 2.05) is 22.7 Å². The van der Waals surface area contributed by atoms with Crippen molar-refractivity contribution in [2.75, 3.05) is 6.54 Å². The predicted molar refractivity (Wildman–Crippen MR) is 74.6 cm³/mol. The van der Waals surface area contributed by atoms with E-state index in [0.29, 0.717) is 16.2 Å². The van der Waals surface area contributed by atoms with Gasteiger partial charge < -0.3 is 9.72 Å². The van der Waals surface area contributed by atoms with E-state index in [4.69, 9.17) is 23.2 Å². The number of hydrogen-bond donors (Lipinski definition) is 1. The van der Waals surface area contributed by atoms with E-state index in [2.05, 4.69) is 10.3 Å². The molecule has 0 amide bonds. The minimum atomic E-state index is 0.510. The molecule has 18 heavy (non-hydrogen) atoms. The van der Waals surface area contributed by atoms with E-state index < -0.39 is 0 Å². The lowest BCUT2D eigenvalue weighted by Crippen LogP contribution is -2.36. The lowest BCUT2D eigenvalue weighted by Gasteiger charge is -2.22. The van der Waals surface area contributed by atoms with Crippen LogP contribution in [0.25, 0.3) is 5.52 Å². The Balaban J connectivity index is 1.91. The first-order chi connectivity index (χ1) is 8.74. The van der Waals surface area contributed by atoms with E-state index in [-0.39, 0.29) is 0 Å². The zero-order valence-corrected chi connectivity index (χ0v) is 11.5. The molecule has 0 saturated carbocycles. The number of imidazole rings is 1. The van der Waals surface area contributed by atoms with Crippen molar-refractivity contribution in [1.29, 1.82) is 0 Å². The van der Waals surface area contributed by atoms with Gasteiger partial charge in [0.15, 0.2) is 5.15 Å². The highest BCUT2D eigenvalue weighted by Crippen LogP contribution is 2.23. The molecule has 5 heteroatoms. The number of halogens is 2. The molecule has 3 nitrogen and oxygen atoms in total. The van der Waals surface area contributed by atoms with Crippen LogP contribution in [0.5, 0.6) is 0 Å². The van der Waals surface area contributed by atoms with Crippen molar-refractivity contribution >= 4 is 28.7 Å². The van der Waals surface area contributed by atoms with Crippen molar-refractivity contribution in [3.63, 3.8) is 0 Å². The molecule has 1 atom stereocenters. The lowest BCUT2D eigenvalue weighted by atomic mass is 10.0. The number of hydrogen-bond acceptors (Lipinski definition) is 2. The van der Waals surface area contributed by atoms with Crippen LogP contribution < -0.4 is 5.32 Å². The number of piperidine rings is 1. The van der Waals surface area contributed by atoms with Crippen molar-refractivity contribution in [2.24, 2.45) is 0 Å². The van der Waals surface area contributed by atoms with Crippen molar-refractivity contribution < 1.29 is 0 Å². The highest BCUT2D eigenvalue weighted by atomic mass is 35.5. The Labute approximate surface area is 116 Å². The topological polar surface area (TPSA) is 29.3 Å². The molecule has 0 bridgehead atoms. The molecule has 2 aromatic rings. The summed E-state index contributed by atoms with van der Waals surface area (Å²) in [6.45, 7) is 1.10. The van der Waals surface area contributed by atoms with Crippen LogP contribution in [0.4, 0.5) is 0 Å². The van der Waals surface area contributed by atoms with E-state index in [0.717, 1.165) is 24.3 Å². The second-order valence-electron chi connectivity index (χ2n) is 4.77. The minimum absolute atomic E-state index is 0.510. The van der Waals surface area contributed by atoms with Crippen LogP contribution in [0, 0.1) is 0 Å². The third-order valence-corrected chi connectivity index (χ3v) is 3.99. The van der Waals surface area contributed by atoms with Crippen LogP contribution in [0.1, 0.15) is 25.1 Å². The third-order valence-electron chi connectivity index (χ3n) is 3.47. The molecule has 3 heterocycles. The number of aromatic nitrogens is 2. The van der Waals surface area contributed by atoms with Gasteiger partial charge in [0.1, 0.15) is 5.82 Å². The quantitative estimate of drug-likeness (QED) is 0.916. The molecule has 0 aliphatic carbocycles. The first-order valence-corrected chi connectivity index (χ1v) is 7.05. The molecule has 1 aliphatic rings. The fourth-order valence-electron chi connectivity index (χ4n) is 2.55. The van der Waals surface area contributed by atoms with Crippen molar-refractivity contribution in [3.8, 4) is 0 Å². The van der Waals surface area contributed by atoms with Gasteiger partial charge in [-0.2, -0.15) is 0 Å². The summed E-state index contributed by atoms with van der Waals surface area (Å²) in [5, 5.41) is 4.75. The summed E-state index contributed by atoms with van der Waals surface area (Å²) in [7, 11) is 0. The number of rotatable bonds is 2. The molecular weight excluding hydrogens is 269 g/mol. The van der Waals surface area contributed by atoms with E-state index in [9.17, 15) is 0 Å². The Kier molecular flexibility index (Phi) is 3.46. The summed E-state index contributed by atoms with van der Waals surface area (Å²) >= 11 is 12.1. The Hall–Kier alpha value is -0.770. The van der Waals surface area contributed by atoms with Crippen LogP contribution in [0.3, 0.4) is 0 Å². The van der Waals surface area contributed by atoms with Crippen molar-refractivity contribution in [1.82, 2.24) is 14.7 Å². The summed E-state index contributed by atoms with van der Waals surface area (Å²) in [4.78, 5) is 4.45. The Morgan fingerprint density at radius 1 is 1.39 bits per heavy atom. The monoisotopic (exact) mass is 283 g/mol. The molecule has 0 radical (unpaired) electrons. The van der Waals surface area contributed by atoms with Gasteiger partial charge in [-0.15, -0.1) is 0 Å². The van der Waals surface area contributed by atoms with Gasteiger partial charge in [0.05, 0.1) is 5.52 Å². The molecule has 1 saturated heterocycles. The maximum absolute atomic E-state index is 6.16. The van der Waals surface area contributed by atoms with Crippen LogP contribution in [-0.4, -0.2) is 22.0 Å². The van der Waals surface area contributed by atoms with Gasteiger partial charge in [-0.1, -0.05) is 29.6 Å². The molecule has 1 N–H and O–H groups in total. The van der Waals surface area contributed by atoms with Gasteiger partial charge in [0.25, 0.3) is 0 Å².